The fourth-order valence-corrected chi connectivity index (χ4v) is 3.09. The largest absolute Gasteiger partial charge is 0.411 e. The number of nitrogens with one attached hydrogen (secondary N) is 2. The standard InChI is InChI=1S/C16H14N4O3S2/c21-13(18-15(22)17-9-12-7-4-8-24-12)10-25-16-20-19-14(23-16)11-5-2-1-3-6-11/h1-8H,9-10H2,(H2,17,18,21,22). The highest BCUT2D eigenvalue weighted by Gasteiger charge is 2.12. The molecule has 2 N–H and O–H groups in total. The van der Waals surface area contributed by atoms with Crippen LogP contribution in [0, 0.1) is 0 Å². The minimum absolute atomic E-state index is 0.00282. The molecule has 0 spiro atoms. The molecule has 2 aromatic heterocycles. The van der Waals surface area contributed by atoms with Crippen LogP contribution in [-0.4, -0.2) is 27.9 Å². The molecule has 128 valence electrons. The van der Waals surface area contributed by atoms with Crippen LogP contribution in [0.1, 0.15) is 4.88 Å². The molecule has 2 heterocycles. The lowest BCUT2D eigenvalue weighted by Crippen LogP contribution is -2.39. The van der Waals surface area contributed by atoms with Crippen LogP contribution in [0.2, 0.25) is 0 Å². The number of urea groups is 1. The van der Waals surface area contributed by atoms with Gasteiger partial charge in [-0.15, -0.1) is 21.5 Å². The molecule has 9 heteroatoms. The second-order valence-corrected chi connectivity index (χ2v) is 6.80. The van der Waals surface area contributed by atoms with E-state index >= 15 is 0 Å². The summed E-state index contributed by atoms with van der Waals surface area (Å²) >= 11 is 2.60. The fraction of sp³-hybridized carbons (Fsp3) is 0.125. The number of imide groups is 1. The molecule has 1 aromatic carbocycles. The fourth-order valence-electron chi connectivity index (χ4n) is 1.88. The summed E-state index contributed by atoms with van der Waals surface area (Å²) in [5.41, 5.74) is 0.805. The van der Waals surface area contributed by atoms with Gasteiger partial charge in [-0.1, -0.05) is 36.0 Å². The molecule has 0 fully saturated rings. The number of amides is 3. The molecule has 0 saturated carbocycles. The first kappa shape index (κ1) is 17.2. The van der Waals surface area contributed by atoms with Crippen molar-refractivity contribution in [1.82, 2.24) is 20.8 Å². The predicted octanol–water partition coefficient (Wildman–Crippen LogP) is 2.92. The summed E-state index contributed by atoms with van der Waals surface area (Å²) < 4.78 is 5.48. The van der Waals surface area contributed by atoms with Crippen LogP contribution in [-0.2, 0) is 11.3 Å². The Morgan fingerprint density at radius 2 is 1.96 bits per heavy atom. The SMILES string of the molecule is O=C(CSc1nnc(-c2ccccc2)o1)NC(=O)NCc1cccs1. The molecule has 0 aliphatic rings. The summed E-state index contributed by atoms with van der Waals surface area (Å²) in [7, 11) is 0. The van der Waals surface area contributed by atoms with E-state index < -0.39 is 11.9 Å². The number of hydrogen-bond donors (Lipinski definition) is 2. The van der Waals surface area contributed by atoms with Crippen LogP contribution in [0.5, 0.6) is 0 Å². The van der Waals surface area contributed by atoms with E-state index in [9.17, 15) is 9.59 Å². The first-order chi connectivity index (χ1) is 12.2. The Labute approximate surface area is 151 Å². The van der Waals surface area contributed by atoms with Crippen molar-refractivity contribution in [2.75, 3.05) is 5.75 Å². The maximum Gasteiger partial charge on any atom is 0.321 e. The smallest absolute Gasteiger partial charge is 0.321 e. The number of nitrogens with zero attached hydrogens (tertiary/aromatic N) is 2. The maximum absolute atomic E-state index is 11.8. The summed E-state index contributed by atoms with van der Waals surface area (Å²) in [4.78, 5) is 24.4. The summed E-state index contributed by atoms with van der Waals surface area (Å²) in [6.07, 6.45) is 0. The zero-order valence-corrected chi connectivity index (χ0v) is 14.6. The van der Waals surface area contributed by atoms with Crippen molar-refractivity contribution in [3.05, 3.63) is 52.7 Å². The highest BCUT2D eigenvalue weighted by atomic mass is 32.2. The first-order valence-corrected chi connectivity index (χ1v) is 9.19. The molecule has 0 unspecified atom stereocenters. The van der Waals surface area contributed by atoms with Crippen LogP contribution in [0.4, 0.5) is 4.79 Å². The highest BCUT2D eigenvalue weighted by Crippen LogP contribution is 2.22. The van der Waals surface area contributed by atoms with Gasteiger partial charge in [0.15, 0.2) is 0 Å². The molecular formula is C16H14N4O3S2. The number of carbonyl (C=O) groups excluding carboxylic acids is 2. The van der Waals surface area contributed by atoms with E-state index in [2.05, 4.69) is 20.8 Å². The quantitative estimate of drug-likeness (QED) is 0.644. The van der Waals surface area contributed by atoms with Crippen molar-refractivity contribution in [3.8, 4) is 11.5 Å². The normalized spacial score (nSPS) is 10.4. The summed E-state index contributed by atoms with van der Waals surface area (Å²) in [5.74, 6) is -0.0478. The van der Waals surface area contributed by atoms with Crippen LogP contribution in [0.15, 0.2) is 57.5 Å². The molecule has 0 bridgehead atoms. The van der Waals surface area contributed by atoms with E-state index in [4.69, 9.17) is 4.42 Å². The van der Waals surface area contributed by atoms with Gasteiger partial charge in [-0.25, -0.2) is 4.79 Å². The van der Waals surface area contributed by atoms with E-state index in [0.717, 1.165) is 22.2 Å². The lowest BCUT2D eigenvalue weighted by atomic mass is 10.2. The van der Waals surface area contributed by atoms with Crippen molar-refractivity contribution in [2.24, 2.45) is 0 Å². The van der Waals surface area contributed by atoms with Gasteiger partial charge in [0.1, 0.15) is 0 Å². The summed E-state index contributed by atoms with van der Waals surface area (Å²) in [5, 5.41) is 14.9. The molecule has 25 heavy (non-hydrogen) atoms. The summed E-state index contributed by atoms with van der Waals surface area (Å²) in [6.45, 7) is 0.383. The van der Waals surface area contributed by atoms with Crippen molar-refractivity contribution in [3.63, 3.8) is 0 Å². The van der Waals surface area contributed by atoms with E-state index in [0.29, 0.717) is 12.4 Å². The van der Waals surface area contributed by atoms with Crippen LogP contribution in [0.3, 0.4) is 0 Å². The molecule has 3 aromatic rings. The Balaban J connectivity index is 1.43. The Kier molecular flexibility index (Phi) is 5.81. The predicted molar refractivity (Wildman–Crippen MR) is 95.2 cm³/mol. The molecule has 0 atom stereocenters. The Morgan fingerprint density at radius 1 is 1.12 bits per heavy atom. The van der Waals surface area contributed by atoms with Gasteiger partial charge in [-0.2, -0.15) is 0 Å². The first-order valence-electron chi connectivity index (χ1n) is 7.32. The minimum Gasteiger partial charge on any atom is -0.411 e. The summed E-state index contributed by atoms with van der Waals surface area (Å²) in [6, 6.07) is 12.6. The number of thiophene rings is 1. The van der Waals surface area contributed by atoms with Gasteiger partial charge in [-0.3, -0.25) is 10.1 Å². The molecule has 0 saturated heterocycles. The topological polar surface area (TPSA) is 97.1 Å². The molecule has 3 amide bonds. The molecular weight excluding hydrogens is 360 g/mol. The third kappa shape index (κ3) is 5.16. The molecule has 3 rings (SSSR count). The third-order valence-electron chi connectivity index (χ3n) is 3.01. The molecule has 0 radical (unpaired) electrons. The number of rotatable bonds is 6. The molecule has 0 aliphatic carbocycles. The number of aromatic nitrogens is 2. The van der Waals surface area contributed by atoms with Crippen molar-refractivity contribution in [1.29, 1.82) is 0 Å². The second-order valence-electron chi connectivity index (χ2n) is 4.84. The highest BCUT2D eigenvalue weighted by molar-refractivity contribution is 7.99. The van der Waals surface area contributed by atoms with Crippen LogP contribution in [0.25, 0.3) is 11.5 Å². The van der Waals surface area contributed by atoms with Gasteiger partial charge < -0.3 is 9.73 Å². The van der Waals surface area contributed by atoms with Crippen molar-refractivity contribution < 1.29 is 14.0 Å². The number of thioether (sulfide) groups is 1. The van der Waals surface area contributed by atoms with Crippen molar-refractivity contribution >= 4 is 35.0 Å². The zero-order valence-electron chi connectivity index (χ0n) is 13.0. The molecule has 0 aliphatic heterocycles. The van der Waals surface area contributed by atoms with E-state index in [1.165, 1.54) is 11.3 Å². The lowest BCUT2D eigenvalue weighted by Gasteiger charge is -2.04. The van der Waals surface area contributed by atoms with E-state index in [1.807, 2.05) is 47.8 Å². The Hall–Kier alpha value is -2.65. The van der Waals surface area contributed by atoms with Gasteiger partial charge >= 0.3 is 6.03 Å². The van der Waals surface area contributed by atoms with Gasteiger partial charge in [0, 0.05) is 10.4 Å². The third-order valence-corrected chi connectivity index (χ3v) is 4.71. The second kappa shape index (κ2) is 8.45. The van der Waals surface area contributed by atoms with Crippen LogP contribution < -0.4 is 10.6 Å². The van der Waals surface area contributed by atoms with Gasteiger partial charge in [0.05, 0.1) is 12.3 Å². The van der Waals surface area contributed by atoms with Crippen LogP contribution >= 0.6 is 23.1 Å². The average molecular weight is 374 g/mol. The number of carbonyl (C=O) groups is 2. The Morgan fingerprint density at radius 3 is 2.72 bits per heavy atom. The van der Waals surface area contributed by atoms with Gasteiger partial charge in [-0.05, 0) is 23.6 Å². The minimum atomic E-state index is -0.533. The Bertz CT molecular complexity index is 834. The van der Waals surface area contributed by atoms with Gasteiger partial charge in [0.2, 0.25) is 11.8 Å². The number of benzene rings is 1. The lowest BCUT2D eigenvalue weighted by molar-refractivity contribution is -0.117. The maximum atomic E-state index is 11.8. The van der Waals surface area contributed by atoms with E-state index in [-0.39, 0.29) is 11.0 Å². The molecule has 7 nitrogen and oxygen atoms in total. The van der Waals surface area contributed by atoms with Gasteiger partial charge in [0.25, 0.3) is 5.22 Å². The number of hydrogen-bond acceptors (Lipinski definition) is 7. The zero-order chi connectivity index (χ0) is 17.5. The van der Waals surface area contributed by atoms with E-state index in [1.54, 1.807) is 0 Å². The average Bonchev–Trinajstić information content (AvgIpc) is 3.31. The van der Waals surface area contributed by atoms with Crippen molar-refractivity contribution in [2.45, 2.75) is 11.8 Å². The monoisotopic (exact) mass is 374 g/mol.